The minimum atomic E-state index is -4.96. The maximum Gasteiger partial charge on any atom is 0.492 e. The lowest BCUT2D eigenvalue weighted by Gasteiger charge is -2.26. The summed E-state index contributed by atoms with van der Waals surface area (Å²) in [6.07, 6.45) is -2.61. The molecule has 2 rings (SSSR count). The summed E-state index contributed by atoms with van der Waals surface area (Å²) in [5.41, 5.74) is 3.39. The van der Waals surface area contributed by atoms with Crippen molar-refractivity contribution in [1.29, 1.82) is 0 Å². The molecule has 0 unspecified atom stereocenters. The van der Waals surface area contributed by atoms with Crippen LogP contribution in [0.3, 0.4) is 0 Å². The number of halogens is 3. The highest BCUT2D eigenvalue weighted by Crippen LogP contribution is 2.30. The number of hydroxylamine groups is 2. The van der Waals surface area contributed by atoms with E-state index in [1.807, 2.05) is 24.3 Å². The minimum absolute atomic E-state index is 0.156. The molecule has 0 aliphatic carbocycles. The highest BCUT2D eigenvalue weighted by Gasteiger charge is 2.42. The van der Waals surface area contributed by atoms with Gasteiger partial charge >= 0.3 is 12.1 Å². The molecule has 3 nitrogen and oxygen atoms in total. The quantitative estimate of drug-likeness (QED) is 0.847. The number of hydrogen-bond acceptors (Lipinski definition) is 3. The maximum atomic E-state index is 12.2. The van der Waals surface area contributed by atoms with Gasteiger partial charge in [0.25, 0.3) is 0 Å². The molecule has 1 aromatic carbocycles. The fourth-order valence-electron chi connectivity index (χ4n) is 2.44. The van der Waals surface area contributed by atoms with Crippen LogP contribution in [0.15, 0.2) is 30.3 Å². The van der Waals surface area contributed by atoms with Crippen LogP contribution in [0.25, 0.3) is 5.57 Å². The number of benzene rings is 1. The first-order valence-electron chi connectivity index (χ1n) is 7.11. The molecule has 1 aliphatic heterocycles. The van der Waals surface area contributed by atoms with Gasteiger partial charge < -0.3 is 4.84 Å². The smallest absolute Gasteiger partial charge is 0.360 e. The van der Waals surface area contributed by atoms with Crippen LogP contribution in [0, 0.1) is 0 Å². The van der Waals surface area contributed by atoms with Crippen molar-refractivity contribution in [2.45, 2.75) is 32.4 Å². The molecular formula is C16H18F3NO2. The van der Waals surface area contributed by atoms with Gasteiger partial charge in [-0.05, 0) is 29.0 Å². The van der Waals surface area contributed by atoms with Crippen LogP contribution in [0.5, 0.6) is 0 Å². The Balaban J connectivity index is 2.08. The average Bonchev–Trinajstić information content (AvgIpc) is 2.47. The molecule has 0 N–H and O–H groups in total. The van der Waals surface area contributed by atoms with E-state index in [0.29, 0.717) is 12.3 Å². The summed E-state index contributed by atoms with van der Waals surface area (Å²) in [4.78, 5) is 15.2. The highest BCUT2D eigenvalue weighted by molar-refractivity contribution is 5.75. The second kappa shape index (κ2) is 6.52. The molecule has 0 saturated carbocycles. The highest BCUT2D eigenvalue weighted by atomic mass is 19.4. The van der Waals surface area contributed by atoms with Crippen LogP contribution in [-0.2, 0) is 9.63 Å². The van der Waals surface area contributed by atoms with Crippen molar-refractivity contribution in [3.05, 3.63) is 41.5 Å². The summed E-state index contributed by atoms with van der Waals surface area (Å²) >= 11 is 0. The Labute approximate surface area is 127 Å². The normalized spacial score (nSPS) is 16.5. The molecule has 1 aliphatic rings. The van der Waals surface area contributed by atoms with Crippen molar-refractivity contribution < 1.29 is 22.8 Å². The standard InChI is InChI=1S/C16H18F3NO2/c1-11(2)13-5-3-4-6-14(13)12-7-9-20(10-8-12)22-15(21)16(17,18)19/h3-7,11H,8-10H2,1-2H3. The van der Waals surface area contributed by atoms with E-state index < -0.39 is 12.1 Å². The van der Waals surface area contributed by atoms with E-state index in [1.165, 1.54) is 5.56 Å². The van der Waals surface area contributed by atoms with Gasteiger partial charge in [0.15, 0.2) is 0 Å². The summed E-state index contributed by atoms with van der Waals surface area (Å²) in [5, 5.41) is 1.04. The molecule has 0 saturated heterocycles. The molecule has 1 aromatic rings. The topological polar surface area (TPSA) is 29.5 Å². The third-order valence-corrected chi connectivity index (χ3v) is 3.54. The molecule has 1 heterocycles. The van der Waals surface area contributed by atoms with Crippen molar-refractivity contribution in [1.82, 2.24) is 5.06 Å². The number of alkyl halides is 3. The summed E-state index contributed by atoms with van der Waals surface area (Å²) < 4.78 is 36.5. The summed E-state index contributed by atoms with van der Waals surface area (Å²) in [6, 6.07) is 7.98. The molecule has 0 aromatic heterocycles. The van der Waals surface area contributed by atoms with Crippen LogP contribution < -0.4 is 0 Å². The maximum absolute atomic E-state index is 12.2. The monoisotopic (exact) mass is 313 g/mol. The SMILES string of the molecule is CC(C)c1ccccc1C1=CCN(OC(=O)C(F)(F)F)CC1. The first kappa shape index (κ1) is 16.5. The zero-order valence-electron chi connectivity index (χ0n) is 12.5. The lowest BCUT2D eigenvalue weighted by molar-refractivity contribution is -0.237. The van der Waals surface area contributed by atoms with Gasteiger partial charge in [0.1, 0.15) is 0 Å². The van der Waals surface area contributed by atoms with E-state index in [4.69, 9.17) is 0 Å². The molecule has 0 atom stereocenters. The molecule has 0 fully saturated rings. The molecule has 22 heavy (non-hydrogen) atoms. The Morgan fingerprint density at radius 2 is 1.95 bits per heavy atom. The van der Waals surface area contributed by atoms with Crippen LogP contribution in [0.1, 0.15) is 37.3 Å². The first-order valence-corrected chi connectivity index (χ1v) is 7.11. The molecule has 0 spiro atoms. The Morgan fingerprint density at radius 1 is 1.27 bits per heavy atom. The summed E-state index contributed by atoms with van der Waals surface area (Å²) in [6.45, 7) is 4.60. The second-order valence-electron chi connectivity index (χ2n) is 5.49. The zero-order chi connectivity index (χ0) is 16.3. The molecule has 6 heteroatoms. The Bertz CT molecular complexity index is 579. The van der Waals surface area contributed by atoms with E-state index in [2.05, 4.69) is 24.8 Å². The second-order valence-corrected chi connectivity index (χ2v) is 5.49. The number of carbonyl (C=O) groups excluding carboxylic acids is 1. The van der Waals surface area contributed by atoms with E-state index in [0.717, 1.165) is 16.2 Å². The van der Waals surface area contributed by atoms with Gasteiger partial charge in [0.2, 0.25) is 0 Å². The van der Waals surface area contributed by atoms with Crippen molar-refractivity contribution in [3.8, 4) is 0 Å². The fourth-order valence-corrected chi connectivity index (χ4v) is 2.44. The van der Waals surface area contributed by atoms with Gasteiger partial charge in [-0.25, -0.2) is 4.79 Å². The van der Waals surface area contributed by atoms with Gasteiger partial charge in [0.05, 0.1) is 6.54 Å². The molecular weight excluding hydrogens is 295 g/mol. The zero-order valence-corrected chi connectivity index (χ0v) is 12.5. The third-order valence-electron chi connectivity index (χ3n) is 3.54. The predicted octanol–water partition coefficient (Wildman–Crippen LogP) is 3.92. The molecule has 0 amide bonds. The van der Waals surface area contributed by atoms with E-state index in [1.54, 1.807) is 0 Å². The van der Waals surface area contributed by atoms with Gasteiger partial charge in [-0.15, -0.1) is 5.06 Å². The number of rotatable bonds is 3. The van der Waals surface area contributed by atoms with Crippen molar-refractivity contribution in [2.75, 3.05) is 13.1 Å². The number of hydrogen-bond donors (Lipinski definition) is 0. The Kier molecular flexibility index (Phi) is 4.90. The van der Waals surface area contributed by atoms with E-state index in [9.17, 15) is 18.0 Å². The van der Waals surface area contributed by atoms with Crippen LogP contribution in [-0.4, -0.2) is 30.3 Å². The number of nitrogens with zero attached hydrogens (tertiary/aromatic N) is 1. The Morgan fingerprint density at radius 3 is 2.50 bits per heavy atom. The van der Waals surface area contributed by atoms with Gasteiger partial charge in [0, 0.05) is 6.54 Å². The third kappa shape index (κ3) is 3.88. The lowest BCUT2D eigenvalue weighted by atomic mass is 9.90. The molecule has 120 valence electrons. The summed E-state index contributed by atoms with van der Waals surface area (Å²) in [5.74, 6) is -1.81. The van der Waals surface area contributed by atoms with Crippen molar-refractivity contribution in [2.24, 2.45) is 0 Å². The largest absolute Gasteiger partial charge is 0.492 e. The first-order chi connectivity index (χ1) is 10.3. The van der Waals surface area contributed by atoms with E-state index in [-0.39, 0.29) is 13.1 Å². The average molecular weight is 313 g/mol. The van der Waals surface area contributed by atoms with Crippen LogP contribution >= 0.6 is 0 Å². The number of carbonyl (C=O) groups is 1. The Hall–Kier alpha value is -1.82. The van der Waals surface area contributed by atoms with Crippen LogP contribution in [0.2, 0.25) is 0 Å². The van der Waals surface area contributed by atoms with Gasteiger partial charge in [-0.3, -0.25) is 0 Å². The molecule has 0 bridgehead atoms. The van der Waals surface area contributed by atoms with Gasteiger partial charge in [-0.2, -0.15) is 13.2 Å². The summed E-state index contributed by atoms with van der Waals surface area (Å²) in [7, 11) is 0. The fraction of sp³-hybridized carbons (Fsp3) is 0.438. The predicted molar refractivity (Wildman–Crippen MR) is 76.8 cm³/mol. The van der Waals surface area contributed by atoms with Crippen LogP contribution in [0.4, 0.5) is 13.2 Å². The molecule has 0 radical (unpaired) electrons. The van der Waals surface area contributed by atoms with E-state index >= 15 is 0 Å². The van der Waals surface area contributed by atoms with Crippen molar-refractivity contribution in [3.63, 3.8) is 0 Å². The van der Waals surface area contributed by atoms with Crippen molar-refractivity contribution >= 4 is 11.5 Å². The van der Waals surface area contributed by atoms with Gasteiger partial charge in [-0.1, -0.05) is 44.2 Å². The lowest BCUT2D eigenvalue weighted by Crippen LogP contribution is -2.37. The minimum Gasteiger partial charge on any atom is -0.360 e.